The molecule has 0 unspecified atom stereocenters. The Balaban J connectivity index is 2.64. The number of thioether (sulfide) groups is 1. The van der Waals surface area contributed by atoms with E-state index in [1.807, 2.05) is 20.8 Å². The van der Waals surface area contributed by atoms with E-state index in [1.54, 1.807) is 26.0 Å². The Bertz CT molecular complexity index is 1990. The lowest BCUT2D eigenvalue weighted by Crippen LogP contribution is -2.61. The second-order valence-electron chi connectivity index (χ2n) is 17.8. The van der Waals surface area contributed by atoms with Crippen LogP contribution in [0.1, 0.15) is 104 Å². The first-order valence-electron chi connectivity index (χ1n) is 23.6. The summed E-state index contributed by atoms with van der Waals surface area (Å²) in [6.07, 6.45) is 0.896. The van der Waals surface area contributed by atoms with E-state index in [1.165, 1.54) is 28.8 Å². The number of phenols is 1. The highest BCUT2D eigenvalue weighted by atomic mass is 32.2. The number of unbranched alkanes of at least 4 members (excludes halogenated alkanes) is 2. The number of amides is 11. The number of hydrogen-bond donors (Lipinski definition) is 11. The molecule has 0 saturated carbocycles. The number of nitrogens with two attached hydrogens (primary N) is 3. The molecule has 24 heteroatoms. The summed E-state index contributed by atoms with van der Waals surface area (Å²) in [5.41, 5.74) is 16.7. The van der Waals surface area contributed by atoms with Gasteiger partial charge in [-0.05, 0) is 61.0 Å². The van der Waals surface area contributed by atoms with Gasteiger partial charge in [-0.15, -0.1) is 0 Å². The van der Waals surface area contributed by atoms with E-state index >= 15 is 0 Å². The van der Waals surface area contributed by atoms with Crippen molar-refractivity contribution < 1.29 is 57.8 Å². The van der Waals surface area contributed by atoms with Gasteiger partial charge in [0.1, 0.15) is 42.0 Å². The summed E-state index contributed by atoms with van der Waals surface area (Å²) in [5.74, 6) is -9.52. The highest BCUT2D eigenvalue weighted by molar-refractivity contribution is 7.99. The Hall–Kier alpha value is -6.46. The van der Waals surface area contributed by atoms with Gasteiger partial charge in [-0.1, -0.05) is 66.0 Å². The predicted octanol–water partition coefficient (Wildman–Crippen LogP) is -1.78. The van der Waals surface area contributed by atoms with Gasteiger partial charge < -0.3 is 64.4 Å². The molecular formula is C46H73N11O12S. The van der Waals surface area contributed by atoms with E-state index < -0.39 is 133 Å². The fourth-order valence-corrected chi connectivity index (χ4v) is 8.21. The minimum Gasteiger partial charge on any atom is -0.508 e. The number of benzene rings is 1. The monoisotopic (exact) mass is 1000 g/mol. The van der Waals surface area contributed by atoms with Crippen LogP contribution < -0.4 is 54.4 Å². The third-order valence-electron chi connectivity index (χ3n) is 11.2. The van der Waals surface area contributed by atoms with Crippen molar-refractivity contribution in [1.29, 1.82) is 0 Å². The second kappa shape index (κ2) is 30.9. The van der Waals surface area contributed by atoms with Crippen molar-refractivity contribution in [2.24, 2.45) is 29.0 Å². The average Bonchev–Trinajstić information content (AvgIpc) is 3.29. The van der Waals surface area contributed by atoms with Gasteiger partial charge in [-0.25, -0.2) is 0 Å². The molecule has 0 aromatic heterocycles. The van der Waals surface area contributed by atoms with Crippen LogP contribution in [0.25, 0.3) is 0 Å². The van der Waals surface area contributed by atoms with Crippen LogP contribution in [-0.4, -0.2) is 142 Å². The molecule has 1 aromatic carbocycles. The molecule has 1 aliphatic rings. The Morgan fingerprint density at radius 2 is 1.44 bits per heavy atom. The molecule has 1 fully saturated rings. The number of nitrogens with one attached hydrogen (secondary N) is 7. The normalized spacial score (nSPS) is 20.8. The van der Waals surface area contributed by atoms with Gasteiger partial charge in [0.05, 0.1) is 19.5 Å². The van der Waals surface area contributed by atoms with Gasteiger partial charge in [0, 0.05) is 31.6 Å². The molecule has 390 valence electrons. The molecule has 70 heavy (non-hydrogen) atoms. The van der Waals surface area contributed by atoms with Crippen molar-refractivity contribution in [3.05, 3.63) is 29.8 Å². The van der Waals surface area contributed by atoms with E-state index in [0.29, 0.717) is 24.8 Å². The molecule has 1 aromatic rings. The molecule has 7 atom stereocenters. The first-order chi connectivity index (χ1) is 33.0. The molecule has 1 heterocycles. The van der Waals surface area contributed by atoms with E-state index in [9.17, 15) is 57.8 Å². The fraction of sp³-hybridized carbons (Fsp3) is 0.630. The predicted molar refractivity (Wildman–Crippen MR) is 259 cm³/mol. The van der Waals surface area contributed by atoms with E-state index in [2.05, 4.69) is 37.2 Å². The second-order valence-corrected chi connectivity index (χ2v) is 19.0. The summed E-state index contributed by atoms with van der Waals surface area (Å²) in [6.45, 7) is 8.01. The van der Waals surface area contributed by atoms with Crippen LogP contribution >= 0.6 is 11.8 Å². The Labute approximate surface area is 412 Å². The molecule has 11 amide bonds. The van der Waals surface area contributed by atoms with Crippen LogP contribution in [0.4, 0.5) is 0 Å². The Kier molecular flexibility index (Phi) is 26.3. The molecular weight excluding hydrogens is 931 g/mol. The number of phenolic OH excluding ortho intramolecular Hbond substituents is 1. The van der Waals surface area contributed by atoms with Crippen LogP contribution in [0, 0.1) is 11.8 Å². The van der Waals surface area contributed by atoms with Gasteiger partial charge in [0.25, 0.3) is 0 Å². The topological polar surface area (TPSA) is 374 Å². The summed E-state index contributed by atoms with van der Waals surface area (Å²) >= 11 is 1.17. The first kappa shape index (κ1) is 59.7. The number of primary amides is 3. The van der Waals surface area contributed by atoms with Crippen molar-refractivity contribution in [3.8, 4) is 5.75 Å². The van der Waals surface area contributed by atoms with Crippen LogP contribution in [0.5, 0.6) is 5.75 Å². The first-order valence-corrected chi connectivity index (χ1v) is 24.8. The van der Waals surface area contributed by atoms with Gasteiger partial charge >= 0.3 is 0 Å². The Morgan fingerprint density at radius 3 is 2.04 bits per heavy atom. The van der Waals surface area contributed by atoms with E-state index in [0.717, 1.165) is 6.42 Å². The van der Waals surface area contributed by atoms with Crippen molar-refractivity contribution >= 4 is 76.7 Å². The minimum absolute atomic E-state index is 0.0237. The number of carbonyl (C=O) groups excluding carboxylic acids is 11. The van der Waals surface area contributed by atoms with Gasteiger partial charge in [0.2, 0.25) is 65.0 Å². The molecule has 2 rings (SSSR count). The smallest absolute Gasteiger partial charge is 0.246 e. The summed E-state index contributed by atoms with van der Waals surface area (Å²) in [7, 11) is 0. The van der Waals surface area contributed by atoms with Crippen molar-refractivity contribution in [2.45, 2.75) is 141 Å². The zero-order valence-corrected chi connectivity index (χ0v) is 41.6. The van der Waals surface area contributed by atoms with Crippen LogP contribution in [-0.2, 0) is 59.2 Å². The lowest BCUT2D eigenvalue weighted by atomic mass is 9.96. The van der Waals surface area contributed by atoms with Crippen molar-refractivity contribution in [3.63, 3.8) is 0 Å². The third kappa shape index (κ3) is 22.3. The van der Waals surface area contributed by atoms with Gasteiger partial charge in [-0.2, -0.15) is 11.8 Å². The fourth-order valence-electron chi connectivity index (χ4n) is 7.24. The SMILES string of the molecule is CCCCCN(CC(=O)N[C@@H](CC(C)C)C(=O)NCC(N)=O)C(=O)[C@@H]1CSCCCC(=O)N[C@@H](Cc2ccc(O)cc2)C(=O)N[C@@H]([C@@H](C)CC)C(=O)N[C@@H](CCC(N)=O)C(=O)N[C@@H](CC(N)=O)C(=O)N1. The molecule has 0 bridgehead atoms. The van der Waals surface area contributed by atoms with E-state index in [4.69, 9.17) is 17.2 Å². The standard InChI is InChI=1S/C46H73N11O12S/c1-6-8-9-18-57(24-39(63)52-31(20-26(3)4)41(64)50-23-37(49)61)46(69)34-25-70-19-10-11-38(62)51-32(21-28-12-14-29(58)15-13-28)44(67)56-40(27(5)7-2)45(68)53-30(16-17-35(47)59)42(65)54-33(22-36(48)60)43(66)55-34/h12-15,26-27,30-34,40,58H,6-11,16-25H2,1-5H3,(H2,47,59)(H2,48,60)(H2,49,61)(H,50,64)(H,51,62)(H,52,63)(H,53,68)(H,54,65)(H,55,66)(H,56,67)/t27-,30-,31-,32-,33-,34-,40-/m0/s1. The molecule has 1 saturated heterocycles. The largest absolute Gasteiger partial charge is 0.508 e. The molecule has 23 nitrogen and oxygen atoms in total. The number of carbonyl (C=O) groups is 11. The van der Waals surface area contributed by atoms with Gasteiger partial charge in [-0.3, -0.25) is 52.7 Å². The minimum atomic E-state index is -1.73. The van der Waals surface area contributed by atoms with Crippen LogP contribution in [0.2, 0.25) is 0 Å². The molecule has 0 radical (unpaired) electrons. The number of nitrogens with zero attached hydrogens (tertiary/aromatic N) is 1. The molecule has 1 aliphatic heterocycles. The summed E-state index contributed by atoms with van der Waals surface area (Å²) in [5, 5.41) is 27.9. The van der Waals surface area contributed by atoms with Crippen LogP contribution in [0.3, 0.4) is 0 Å². The van der Waals surface area contributed by atoms with Crippen molar-refractivity contribution in [2.75, 3.05) is 31.1 Å². The summed E-state index contributed by atoms with van der Waals surface area (Å²) in [4.78, 5) is 148. The molecule has 14 N–H and O–H groups in total. The maximum Gasteiger partial charge on any atom is 0.246 e. The number of rotatable bonds is 22. The van der Waals surface area contributed by atoms with Gasteiger partial charge in [0.15, 0.2) is 0 Å². The Morgan fingerprint density at radius 1 is 0.800 bits per heavy atom. The number of aromatic hydroxyl groups is 1. The lowest BCUT2D eigenvalue weighted by Gasteiger charge is -2.30. The molecule has 0 aliphatic carbocycles. The lowest BCUT2D eigenvalue weighted by molar-refractivity contribution is -0.140. The quantitative estimate of drug-likeness (QED) is 0.0574. The highest BCUT2D eigenvalue weighted by Gasteiger charge is 2.36. The maximum absolute atomic E-state index is 14.6. The van der Waals surface area contributed by atoms with Crippen molar-refractivity contribution in [1.82, 2.24) is 42.1 Å². The zero-order valence-electron chi connectivity index (χ0n) is 40.8. The summed E-state index contributed by atoms with van der Waals surface area (Å²) in [6, 6.07) is -2.34. The zero-order chi connectivity index (χ0) is 52.5. The highest BCUT2D eigenvalue weighted by Crippen LogP contribution is 2.16. The van der Waals surface area contributed by atoms with Crippen LogP contribution in [0.15, 0.2) is 24.3 Å². The molecule has 0 spiro atoms. The third-order valence-corrected chi connectivity index (χ3v) is 12.4. The maximum atomic E-state index is 14.6. The average molecular weight is 1000 g/mol. The number of hydrogen-bond acceptors (Lipinski definition) is 13. The van der Waals surface area contributed by atoms with E-state index in [-0.39, 0.29) is 61.8 Å². The summed E-state index contributed by atoms with van der Waals surface area (Å²) < 4.78 is 0.